The maximum Gasteiger partial charge on any atom is 0.430 e. The first-order valence-corrected chi connectivity index (χ1v) is 14.0. The first-order chi connectivity index (χ1) is 18.1. The van der Waals surface area contributed by atoms with Crippen molar-refractivity contribution in [1.29, 1.82) is 0 Å². The van der Waals surface area contributed by atoms with Gasteiger partial charge >= 0.3 is 12.1 Å². The minimum absolute atomic E-state index is 0.0269. The topological polar surface area (TPSA) is 161 Å². The number of carboxylic acid groups (broad SMARTS) is 2. The van der Waals surface area contributed by atoms with Crippen LogP contribution in [-0.2, 0) is 31.0 Å². The molecule has 2 bridgehead atoms. The molecule has 15 heteroatoms. The van der Waals surface area contributed by atoms with Crippen molar-refractivity contribution in [3.63, 3.8) is 0 Å². The fraction of sp³-hybridized carbons (Fsp3) is 0.583. The number of benzene rings is 1. The summed E-state index contributed by atoms with van der Waals surface area (Å²) in [5.41, 5.74) is 1.41. The Kier molecular flexibility index (Phi) is 10.9. The molecule has 39 heavy (non-hydrogen) atoms. The van der Waals surface area contributed by atoms with Crippen molar-refractivity contribution in [2.75, 3.05) is 31.9 Å². The van der Waals surface area contributed by atoms with E-state index < -0.39 is 28.1 Å². The molecule has 0 aliphatic carbocycles. The third kappa shape index (κ3) is 9.20. The number of nitrogens with zero attached hydrogens (tertiary/aromatic N) is 2. The van der Waals surface area contributed by atoms with E-state index in [1.165, 1.54) is 0 Å². The Morgan fingerprint density at radius 3 is 2.33 bits per heavy atom. The van der Waals surface area contributed by atoms with E-state index in [-0.39, 0.29) is 43.1 Å². The maximum absolute atomic E-state index is 12.9. The second kappa shape index (κ2) is 13.2. The number of carbonyl (C=O) groups excluding carboxylic acids is 3. The van der Waals surface area contributed by atoms with Crippen molar-refractivity contribution in [2.24, 2.45) is 0 Å². The van der Waals surface area contributed by atoms with E-state index in [0.29, 0.717) is 36.0 Å². The number of quaternary nitrogens is 1. The van der Waals surface area contributed by atoms with Crippen LogP contribution in [-0.4, -0.2) is 90.2 Å². The molecule has 3 rings (SSSR count). The molecule has 2 atom stereocenters. The molecule has 2 aliphatic heterocycles. The number of amides is 2. The lowest BCUT2D eigenvalue weighted by atomic mass is 10.1. The number of fused-ring (bicyclic) bond motifs is 2. The van der Waals surface area contributed by atoms with Crippen molar-refractivity contribution >= 4 is 33.8 Å². The quantitative estimate of drug-likeness (QED) is 0.285. The lowest BCUT2D eigenvalue weighted by molar-refractivity contribution is -0.925. The summed E-state index contributed by atoms with van der Waals surface area (Å²) in [6.07, 6.45) is -2.33. The predicted molar refractivity (Wildman–Crippen MR) is 129 cm³/mol. The number of nitrogens with one attached hydrogen (secondary N) is 1. The number of alkyl halides is 3. The van der Waals surface area contributed by atoms with Crippen molar-refractivity contribution in [1.82, 2.24) is 9.62 Å². The fourth-order valence-electron chi connectivity index (χ4n) is 4.70. The van der Waals surface area contributed by atoms with Crippen LogP contribution < -0.4 is 10.4 Å². The number of sulfonamides is 1. The van der Waals surface area contributed by atoms with Gasteiger partial charge in [-0.05, 0) is 18.6 Å². The largest absolute Gasteiger partial charge is 0.542 e. The molecule has 2 heterocycles. The zero-order valence-corrected chi connectivity index (χ0v) is 22.2. The second-order valence-electron chi connectivity index (χ2n) is 9.60. The number of piperazine rings is 1. The highest BCUT2D eigenvalue weighted by atomic mass is 32.2. The number of aliphatic carboxylic acids is 2. The number of carbonyl (C=O) groups is 4. The first-order valence-electron chi connectivity index (χ1n) is 12.4. The first kappa shape index (κ1) is 32.0. The molecule has 0 aromatic heterocycles. The highest BCUT2D eigenvalue weighted by Crippen LogP contribution is 2.33. The van der Waals surface area contributed by atoms with E-state index in [4.69, 9.17) is 15.0 Å². The van der Waals surface area contributed by atoms with Crippen LogP contribution in [0.4, 0.5) is 13.2 Å². The van der Waals surface area contributed by atoms with Gasteiger partial charge in [-0.15, -0.1) is 0 Å². The molecular formula is C24H32F3N3O8S. The molecule has 2 amide bonds. The van der Waals surface area contributed by atoms with Crippen LogP contribution in [0, 0.1) is 0 Å². The number of unbranched alkanes of at least 4 members (excludes halogenated alkanes) is 2. The van der Waals surface area contributed by atoms with Crippen LogP contribution in [0.5, 0.6) is 0 Å². The average molecular weight is 580 g/mol. The van der Waals surface area contributed by atoms with Gasteiger partial charge in [-0.3, -0.25) is 14.4 Å². The molecule has 2 saturated heterocycles. The smallest absolute Gasteiger partial charge is 0.430 e. The number of carboxylic acids is 2. The van der Waals surface area contributed by atoms with Gasteiger partial charge in [0, 0.05) is 24.1 Å². The third-order valence-corrected chi connectivity index (χ3v) is 8.38. The molecule has 2 unspecified atom stereocenters. The summed E-state index contributed by atoms with van der Waals surface area (Å²) in [6.45, 7) is 4.22. The minimum Gasteiger partial charge on any atom is -0.542 e. The second-order valence-corrected chi connectivity index (χ2v) is 11.6. The normalized spacial score (nSPS) is 20.7. The molecule has 2 N–H and O–H groups in total. The Morgan fingerprint density at radius 2 is 1.79 bits per heavy atom. The number of rotatable bonds is 11. The van der Waals surface area contributed by atoms with Crippen LogP contribution >= 0.6 is 0 Å². The summed E-state index contributed by atoms with van der Waals surface area (Å²) in [4.78, 5) is 44.3. The number of hydrogen-bond donors (Lipinski definition) is 2. The number of halogens is 3. The molecule has 1 aromatic carbocycles. The number of hydrogen-bond acceptors (Lipinski definition) is 7. The van der Waals surface area contributed by atoms with Gasteiger partial charge in [-0.25, -0.2) is 12.7 Å². The lowest BCUT2D eigenvalue weighted by Gasteiger charge is -2.40. The monoisotopic (exact) mass is 579 g/mol. The molecule has 2 aliphatic rings. The predicted octanol–water partition coefficient (Wildman–Crippen LogP) is 0.641. The zero-order valence-electron chi connectivity index (χ0n) is 21.4. The fourth-order valence-corrected chi connectivity index (χ4v) is 6.46. The van der Waals surface area contributed by atoms with Gasteiger partial charge in [-0.1, -0.05) is 31.9 Å². The van der Waals surface area contributed by atoms with E-state index >= 15 is 0 Å². The van der Waals surface area contributed by atoms with Crippen LogP contribution in [0.1, 0.15) is 54.9 Å². The minimum atomic E-state index is -5.19. The van der Waals surface area contributed by atoms with E-state index in [0.717, 1.165) is 29.3 Å². The van der Waals surface area contributed by atoms with Gasteiger partial charge in [0.15, 0.2) is 6.54 Å². The van der Waals surface area contributed by atoms with Crippen molar-refractivity contribution in [3.8, 4) is 0 Å². The molecule has 1 aromatic rings. The maximum atomic E-state index is 12.9. The van der Waals surface area contributed by atoms with Crippen molar-refractivity contribution in [2.45, 2.75) is 57.8 Å². The Labute approximate surface area is 224 Å². The van der Waals surface area contributed by atoms with Gasteiger partial charge < -0.3 is 24.8 Å². The average Bonchev–Trinajstić information content (AvgIpc) is 3.14. The van der Waals surface area contributed by atoms with Crippen LogP contribution in [0.15, 0.2) is 24.3 Å². The lowest BCUT2D eigenvalue weighted by Crippen LogP contribution is -2.61. The third-order valence-electron chi connectivity index (χ3n) is 6.48. The standard InChI is InChI=1S/C22H31N3O6S.C2HF3O2/c1-2-3-4-13-32(30,31)24-19-10-12-25(15-19,16-20(24)26)14-17-5-7-18(8-6-17)22(29)23-11-9-21(27)28;3-2(4,5)1(6)7/h5-8,19H,2-4,9-16H2,1H3,(H-,23,27,28,29);(H,6,7). The van der Waals surface area contributed by atoms with Crippen LogP contribution in [0.3, 0.4) is 0 Å². The van der Waals surface area contributed by atoms with E-state index in [9.17, 15) is 36.0 Å². The Balaban J connectivity index is 0.000000673. The summed E-state index contributed by atoms with van der Waals surface area (Å²) in [7, 11) is -3.57. The van der Waals surface area contributed by atoms with E-state index in [1.54, 1.807) is 12.1 Å². The SMILES string of the molecule is CCCCCS(=O)(=O)N1C(=O)C[N+]2(Cc3ccc(C(=O)NCCC(=O)O)cc3)CCC1C2.O=C([O-])C(F)(F)F. The molecule has 0 spiro atoms. The molecular weight excluding hydrogens is 547 g/mol. The molecule has 11 nitrogen and oxygen atoms in total. The van der Waals surface area contributed by atoms with Gasteiger partial charge in [0.2, 0.25) is 10.0 Å². The van der Waals surface area contributed by atoms with Crippen LogP contribution in [0.2, 0.25) is 0 Å². The molecule has 0 radical (unpaired) electrons. The van der Waals surface area contributed by atoms with Crippen molar-refractivity contribution in [3.05, 3.63) is 35.4 Å². The Hall–Kier alpha value is -3.20. The van der Waals surface area contributed by atoms with Gasteiger partial charge in [0.25, 0.3) is 11.8 Å². The van der Waals surface area contributed by atoms with Gasteiger partial charge in [-0.2, -0.15) is 13.2 Å². The Morgan fingerprint density at radius 1 is 1.18 bits per heavy atom. The zero-order chi connectivity index (χ0) is 29.4. The summed E-state index contributed by atoms with van der Waals surface area (Å²) < 4.78 is 58.8. The molecule has 0 saturated carbocycles. The molecule has 218 valence electrons. The summed E-state index contributed by atoms with van der Waals surface area (Å²) in [6, 6.07) is 6.78. The summed E-state index contributed by atoms with van der Waals surface area (Å²) in [5, 5.41) is 20.0. The van der Waals surface area contributed by atoms with Crippen molar-refractivity contribution < 1.29 is 55.5 Å². The van der Waals surface area contributed by atoms with Gasteiger partial charge in [0.1, 0.15) is 25.1 Å². The highest BCUT2D eigenvalue weighted by Gasteiger charge is 2.52. The van der Waals surface area contributed by atoms with Gasteiger partial charge in [0.05, 0.1) is 18.7 Å². The Bertz CT molecular complexity index is 1160. The molecule has 2 fully saturated rings. The van der Waals surface area contributed by atoms with Crippen LogP contribution in [0.25, 0.3) is 0 Å². The summed E-state index contributed by atoms with van der Waals surface area (Å²) >= 11 is 0. The summed E-state index contributed by atoms with van der Waals surface area (Å²) in [5.74, 6) is -4.60. The highest BCUT2D eigenvalue weighted by molar-refractivity contribution is 7.89. The van der Waals surface area contributed by atoms with E-state index in [1.807, 2.05) is 19.1 Å². The van der Waals surface area contributed by atoms with E-state index in [2.05, 4.69) is 5.32 Å².